The topological polar surface area (TPSA) is 87.3 Å². The van der Waals surface area contributed by atoms with Crippen LogP contribution < -0.4 is 5.73 Å². The molecule has 0 amide bonds. The number of carbonyl (C=O) groups excluding carboxylic acids is 1. The number of anilines is 1. The summed E-state index contributed by atoms with van der Waals surface area (Å²) in [6, 6.07) is 0. The minimum Gasteiger partial charge on any atom is -0.468 e. The molecule has 0 radical (unpaired) electrons. The Labute approximate surface area is 142 Å². The number of thioether (sulfide) groups is 1. The molecule has 0 saturated heterocycles. The third-order valence-electron chi connectivity index (χ3n) is 3.78. The highest BCUT2D eigenvalue weighted by Gasteiger charge is 2.25. The fourth-order valence-corrected chi connectivity index (χ4v) is 4.55. The van der Waals surface area contributed by atoms with Gasteiger partial charge in [-0.25, -0.2) is 9.97 Å². The highest BCUT2D eigenvalue weighted by molar-refractivity contribution is 7.99. The van der Waals surface area contributed by atoms with E-state index in [4.69, 9.17) is 10.5 Å². The van der Waals surface area contributed by atoms with Gasteiger partial charge in [0.05, 0.1) is 31.0 Å². The van der Waals surface area contributed by atoms with Crippen molar-refractivity contribution in [1.82, 2.24) is 9.97 Å². The van der Waals surface area contributed by atoms with Gasteiger partial charge in [-0.3, -0.25) is 4.79 Å². The van der Waals surface area contributed by atoms with Crippen LogP contribution >= 0.6 is 23.1 Å². The lowest BCUT2D eigenvalue weighted by molar-refractivity contribution is -0.137. The average Bonchev–Trinajstić information content (AvgIpc) is 2.91. The van der Waals surface area contributed by atoms with E-state index >= 15 is 0 Å². The van der Waals surface area contributed by atoms with Gasteiger partial charge in [0.2, 0.25) is 0 Å². The normalized spacial score (nSPS) is 17.2. The Morgan fingerprint density at radius 3 is 3.09 bits per heavy atom. The highest BCUT2D eigenvalue weighted by Crippen LogP contribution is 2.38. The summed E-state index contributed by atoms with van der Waals surface area (Å²) in [6.45, 7) is 2.78. The number of aromatic nitrogens is 2. The number of nitrogens with two attached hydrogens (primary N) is 1. The number of carbonyl (C=O) groups is 1. The van der Waals surface area contributed by atoms with Crippen LogP contribution in [0, 0.1) is 0 Å². The second-order valence-electron chi connectivity index (χ2n) is 5.37. The predicted molar refractivity (Wildman–Crippen MR) is 91.8 cm³/mol. The van der Waals surface area contributed by atoms with E-state index in [-0.39, 0.29) is 17.8 Å². The van der Waals surface area contributed by atoms with Gasteiger partial charge in [-0.05, 0) is 12.0 Å². The van der Waals surface area contributed by atoms with E-state index in [1.165, 1.54) is 29.3 Å². The van der Waals surface area contributed by atoms with Crippen molar-refractivity contribution in [2.45, 2.75) is 44.1 Å². The van der Waals surface area contributed by atoms with Crippen LogP contribution in [0.2, 0.25) is 0 Å². The quantitative estimate of drug-likeness (QED) is 0.502. The van der Waals surface area contributed by atoms with E-state index in [1.54, 1.807) is 11.3 Å². The number of rotatable bonds is 5. The first-order valence-corrected chi connectivity index (χ1v) is 9.31. The summed E-state index contributed by atoms with van der Waals surface area (Å²) in [7, 11) is 1.36. The summed E-state index contributed by atoms with van der Waals surface area (Å²) in [4.78, 5) is 22.2. The zero-order chi connectivity index (χ0) is 16.4. The monoisotopic (exact) mass is 353 g/mol. The minimum atomic E-state index is -0.307. The summed E-state index contributed by atoms with van der Waals surface area (Å²) in [6.07, 6.45) is 3.26. The Hall–Kier alpha value is -1.38. The first kappa shape index (κ1) is 16.5. The molecule has 0 aromatic carbocycles. The van der Waals surface area contributed by atoms with Crippen molar-refractivity contribution in [1.29, 1.82) is 0 Å². The third kappa shape index (κ3) is 3.44. The number of ether oxygens (including phenoxy) is 2. The maximum atomic E-state index is 11.2. The van der Waals surface area contributed by atoms with Crippen LogP contribution in [-0.4, -0.2) is 34.9 Å². The molecule has 0 fully saturated rings. The van der Waals surface area contributed by atoms with E-state index in [9.17, 15) is 4.79 Å². The lowest BCUT2D eigenvalue weighted by atomic mass is 10.0. The molecule has 0 aliphatic carbocycles. The summed E-state index contributed by atoms with van der Waals surface area (Å²) < 4.78 is 10.5. The molecule has 0 saturated carbocycles. The van der Waals surface area contributed by atoms with Gasteiger partial charge in [-0.1, -0.05) is 25.1 Å². The molecule has 2 N–H and O–H groups in total. The largest absolute Gasteiger partial charge is 0.468 e. The molecule has 1 atom stereocenters. The fourth-order valence-electron chi connectivity index (χ4n) is 2.68. The number of hydrogen-bond acceptors (Lipinski definition) is 8. The van der Waals surface area contributed by atoms with Gasteiger partial charge in [-0.15, -0.1) is 11.3 Å². The molecular formula is C15H19N3O3S2. The minimum absolute atomic E-state index is 0.175. The first-order valence-electron chi connectivity index (χ1n) is 7.51. The van der Waals surface area contributed by atoms with Gasteiger partial charge in [0.15, 0.2) is 5.16 Å². The van der Waals surface area contributed by atoms with Crippen molar-refractivity contribution in [3.8, 4) is 0 Å². The zero-order valence-corrected chi connectivity index (χ0v) is 14.8. The van der Waals surface area contributed by atoms with Crippen molar-refractivity contribution in [3.05, 3.63) is 10.4 Å². The number of hydrogen-bond donors (Lipinski definition) is 1. The van der Waals surface area contributed by atoms with Crippen molar-refractivity contribution in [3.63, 3.8) is 0 Å². The van der Waals surface area contributed by atoms with Crippen LogP contribution in [0.5, 0.6) is 0 Å². The molecule has 3 rings (SSSR count). The SMILES string of the molecule is CCCC1Cc2c(sc3nc(SCC(=O)OC)nc(N)c23)CO1. The molecule has 2 aromatic rings. The Morgan fingerprint density at radius 1 is 1.52 bits per heavy atom. The van der Waals surface area contributed by atoms with Gasteiger partial charge in [0.1, 0.15) is 10.6 Å². The summed E-state index contributed by atoms with van der Waals surface area (Å²) in [5.74, 6) is 0.351. The van der Waals surface area contributed by atoms with E-state index in [2.05, 4.69) is 21.6 Å². The molecule has 0 spiro atoms. The Morgan fingerprint density at radius 2 is 2.35 bits per heavy atom. The molecule has 1 aliphatic heterocycles. The Balaban J connectivity index is 1.90. The second-order valence-corrected chi connectivity index (χ2v) is 7.39. The van der Waals surface area contributed by atoms with Crippen molar-refractivity contribution < 1.29 is 14.3 Å². The molecule has 124 valence electrons. The van der Waals surface area contributed by atoms with Crippen LogP contribution in [0.1, 0.15) is 30.2 Å². The summed E-state index contributed by atoms with van der Waals surface area (Å²) in [5.41, 5.74) is 7.40. The number of esters is 1. The van der Waals surface area contributed by atoms with Crippen LogP contribution in [0.3, 0.4) is 0 Å². The maximum Gasteiger partial charge on any atom is 0.316 e. The van der Waals surface area contributed by atoms with E-state index in [0.29, 0.717) is 17.6 Å². The van der Waals surface area contributed by atoms with E-state index < -0.39 is 0 Å². The molecule has 2 aromatic heterocycles. The number of fused-ring (bicyclic) bond motifs is 3. The highest BCUT2D eigenvalue weighted by atomic mass is 32.2. The first-order chi connectivity index (χ1) is 11.1. The van der Waals surface area contributed by atoms with Gasteiger partial charge >= 0.3 is 5.97 Å². The molecule has 23 heavy (non-hydrogen) atoms. The number of nitrogen functional groups attached to an aromatic ring is 1. The number of thiophene rings is 1. The summed E-state index contributed by atoms with van der Waals surface area (Å²) in [5, 5.41) is 1.46. The summed E-state index contributed by atoms with van der Waals surface area (Å²) >= 11 is 2.84. The van der Waals surface area contributed by atoms with E-state index in [1.807, 2.05) is 0 Å². The van der Waals surface area contributed by atoms with Crippen molar-refractivity contribution in [2.24, 2.45) is 0 Å². The third-order valence-corrected chi connectivity index (χ3v) is 5.70. The number of nitrogens with zero attached hydrogens (tertiary/aromatic N) is 2. The van der Waals surface area contributed by atoms with Crippen molar-refractivity contribution >= 4 is 45.1 Å². The van der Waals surface area contributed by atoms with E-state index in [0.717, 1.165) is 29.5 Å². The smallest absolute Gasteiger partial charge is 0.316 e. The maximum absolute atomic E-state index is 11.2. The Kier molecular flexibility index (Phi) is 5.03. The van der Waals surface area contributed by atoms with Gasteiger partial charge in [0.25, 0.3) is 0 Å². The molecule has 0 bridgehead atoms. The van der Waals surface area contributed by atoms with Gasteiger partial charge < -0.3 is 15.2 Å². The second kappa shape index (κ2) is 7.02. The number of methoxy groups -OCH3 is 1. The lowest BCUT2D eigenvalue weighted by Gasteiger charge is -2.22. The molecule has 1 unspecified atom stereocenters. The molecule has 1 aliphatic rings. The average molecular weight is 353 g/mol. The van der Waals surface area contributed by atoms with Crippen LogP contribution in [0.4, 0.5) is 5.82 Å². The van der Waals surface area contributed by atoms with Gasteiger partial charge in [0, 0.05) is 11.3 Å². The molecule has 8 heteroatoms. The standard InChI is InChI=1S/C15H19N3O3S2/c1-3-4-8-5-9-10(6-21-8)23-14-12(9)13(16)17-15(18-14)22-7-11(19)20-2/h8H,3-7H2,1-2H3,(H2,16,17,18). The molecule has 6 nitrogen and oxygen atoms in total. The van der Waals surface area contributed by atoms with Crippen LogP contribution in [0.25, 0.3) is 10.2 Å². The molecule has 3 heterocycles. The van der Waals surface area contributed by atoms with Gasteiger partial charge in [-0.2, -0.15) is 0 Å². The lowest BCUT2D eigenvalue weighted by Crippen LogP contribution is -2.21. The van der Waals surface area contributed by atoms with Crippen LogP contribution in [0.15, 0.2) is 5.16 Å². The predicted octanol–water partition coefficient (Wildman–Crippen LogP) is 2.78. The molecular weight excluding hydrogens is 334 g/mol. The van der Waals surface area contributed by atoms with Crippen molar-refractivity contribution in [2.75, 3.05) is 18.6 Å². The Bertz CT molecular complexity index is 732. The van der Waals surface area contributed by atoms with Crippen LogP contribution in [-0.2, 0) is 27.3 Å². The zero-order valence-electron chi connectivity index (χ0n) is 13.1. The fraction of sp³-hybridized carbons (Fsp3) is 0.533.